The van der Waals surface area contributed by atoms with E-state index in [9.17, 15) is 0 Å². The normalized spacial score (nSPS) is 11.5. The minimum Gasteiger partial charge on any atom is -0.378 e. The quantitative estimate of drug-likeness (QED) is 0.804. The maximum atomic E-state index is 5.38. The molecule has 0 bridgehead atoms. The van der Waals surface area contributed by atoms with Crippen molar-refractivity contribution in [2.75, 3.05) is 19.0 Å². The number of anilines is 1. The second-order valence-electron chi connectivity index (χ2n) is 4.02. The smallest absolute Gasteiger partial charge is 0.147 e. The van der Waals surface area contributed by atoms with E-state index in [0.29, 0.717) is 0 Å². The van der Waals surface area contributed by atoms with Crippen LogP contribution in [0.25, 0.3) is 0 Å². The maximum Gasteiger partial charge on any atom is 0.147 e. The Labute approximate surface area is 91.1 Å². The topological polar surface area (TPSA) is 47.0 Å². The van der Waals surface area contributed by atoms with Gasteiger partial charge in [-0.05, 0) is 20.8 Å². The number of nitrogens with one attached hydrogen (secondary N) is 1. The fourth-order valence-corrected chi connectivity index (χ4v) is 1.29. The van der Waals surface area contributed by atoms with Gasteiger partial charge in [0.25, 0.3) is 0 Å². The second kappa shape index (κ2) is 5.07. The van der Waals surface area contributed by atoms with E-state index in [0.717, 1.165) is 24.5 Å². The van der Waals surface area contributed by atoms with Gasteiger partial charge in [0.15, 0.2) is 0 Å². The van der Waals surface area contributed by atoms with Crippen LogP contribution in [-0.2, 0) is 11.2 Å². The van der Waals surface area contributed by atoms with Crippen molar-refractivity contribution in [2.24, 2.45) is 0 Å². The predicted molar refractivity (Wildman–Crippen MR) is 61.0 cm³/mol. The first-order valence-corrected chi connectivity index (χ1v) is 5.18. The summed E-state index contributed by atoms with van der Waals surface area (Å²) in [6, 6.07) is 0. The molecule has 0 atom stereocenters. The van der Waals surface area contributed by atoms with Crippen molar-refractivity contribution < 1.29 is 4.74 Å². The van der Waals surface area contributed by atoms with Gasteiger partial charge in [-0.3, -0.25) is 4.98 Å². The average molecular weight is 209 g/mol. The van der Waals surface area contributed by atoms with Crippen molar-refractivity contribution in [3.8, 4) is 0 Å². The average Bonchev–Trinajstić information content (AvgIpc) is 2.21. The summed E-state index contributed by atoms with van der Waals surface area (Å²) in [5, 5.41) is 3.19. The molecule has 0 spiro atoms. The molecule has 0 fully saturated rings. The van der Waals surface area contributed by atoms with Crippen LogP contribution in [0.3, 0.4) is 0 Å². The van der Waals surface area contributed by atoms with E-state index >= 15 is 0 Å². The monoisotopic (exact) mass is 209 g/mol. The molecule has 1 heterocycles. The Balaban J connectivity index is 2.84. The fourth-order valence-electron chi connectivity index (χ4n) is 1.29. The van der Waals surface area contributed by atoms with Gasteiger partial charge < -0.3 is 10.1 Å². The van der Waals surface area contributed by atoms with Gasteiger partial charge in [0, 0.05) is 32.5 Å². The Kier molecular flexibility index (Phi) is 4.03. The highest BCUT2D eigenvalue weighted by Gasteiger charge is 2.20. The van der Waals surface area contributed by atoms with Crippen LogP contribution in [0.1, 0.15) is 26.5 Å². The van der Waals surface area contributed by atoms with E-state index in [1.807, 2.05) is 20.8 Å². The number of methoxy groups -OCH3 is 1. The first kappa shape index (κ1) is 11.9. The van der Waals surface area contributed by atoms with Crippen LogP contribution in [0, 0.1) is 0 Å². The lowest BCUT2D eigenvalue weighted by Gasteiger charge is -2.23. The number of hydrogen-bond donors (Lipinski definition) is 1. The van der Waals surface area contributed by atoms with E-state index in [-0.39, 0.29) is 5.60 Å². The zero-order valence-electron chi connectivity index (χ0n) is 9.87. The van der Waals surface area contributed by atoms with Crippen LogP contribution in [0.2, 0.25) is 0 Å². The van der Waals surface area contributed by atoms with Crippen LogP contribution in [0.4, 0.5) is 5.82 Å². The Bertz CT molecular complexity index is 312. The number of rotatable bonds is 5. The molecule has 0 aliphatic carbocycles. The molecule has 1 aromatic heterocycles. The molecular weight excluding hydrogens is 190 g/mol. The summed E-state index contributed by atoms with van der Waals surface area (Å²) in [5.41, 5.74) is 0.742. The van der Waals surface area contributed by atoms with Gasteiger partial charge in [0.2, 0.25) is 0 Å². The summed E-state index contributed by atoms with van der Waals surface area (Å²) < 4.78 is 5.38. The van der Waals surface area contributed by atoms with Crippen LogP contribution >= 0.6 is 0 Å². The molecule has 1 rings (SSSR count). The van der Waals surface area contributed by atoms with E-state index in [1.54, 1.807) is 19.5 Å². The molecule has 4 nitrogen and oxygen atoms in total. The highest BCUT2D eigenvalue weighted by Crippen LogP contribution is 2.18. The van der Waals surface area contributed by atoms with Crippen molar-refractivity contribution >= 4 is 5.82 Å². The lowest BCUT2D eigenvalue weighted by molar-refractivity contribution is 0.0225. The SMILES string of the molecule is CCNc1nccnc1CC(C)(C)OC. The van der Waals surface area contributed by atoms with Crippen molar-refractivity contribution in [1.82, 2.24) is 9.97 Å². The molecule has 1 aromatic rings. The molecule has 0 amide bonds. The summed E-state index contributed by atoms with van der Waals surface area (Å²) in [6.45, 7) is 6.97. The highest BCUT2D eigenvalue weighted by molar-refractivity contribution is 5.39. The van der Waals surface area contributed by atoms with E-state index in [4.69, 9.17) is 4.74 Å². The van der Waals surface area contributed by atoms with E-state index in [2.05, 4.69) is 15.3 Å². The first-order chi connectivity index (χ1) is 7.09. The van der Waals surface area contributed by atoms with Crippen molar-refractivity contribution in [2.45, 2.75) is 32.8 Å². The summed E-state index contributed by atoms with van der Waals surface area (Å²) in [4.78, 5) is 8.58. The standard InChI is InChI=1S/C11H19N3O/c1-5-12-10-9(13-6-7-14-10)8-11(2,3)15-4/h6-7H,5,8H2,1-4H3,(H,12,14). The van der Waals surface area contributed by atoms with Crippen LogP contribution in [0.5, 0.6) is 0 Å². The van der Waals surface area contributed by atoms with Gasteiger partial charge in [-0.1, -0.05) is 0 Å². The Morgan fingerprint density at radius 2 is 2.00 bits per heavy atom. The molecule has 0 aromatic carbocycles. The van der Waals surface area contributed by atoms with Crippen LogP contribution in [-0.4, -0.2) is 29.2 Å². The summed E-state index contributed by atoms with van der Waals surface area (Å²) >= 11 is 0. The number of aromatic nitrogens is 2. The van der Waals surface area contributed by atoms with Crippen LogP contribution < -0.4 is 5.32 Å². The number of nitrogens with zero attached hydrogens (tertiary/aromatic N) is 2. The lowest BCUT2D eigenvalue weighted by atomic mass is 10.0. The van der Waals surface area contributed by atoms with Crippen molar-refractivity contribution in [3.05, 3.63) is 18.1 Å². The van der Waals surface area contributed by atoms with Gasteiger partial charge in [-0.25, -0.2) is 4.98 Å². The molecule has 0 aliphatic heterocycles. The number of ether oxygens (including phenoxy) is 1. The molecule has 84 valence electrons. The predicted octanol–water partition coefficient (Wildman–Crippen LogP) is 1.88. The molecule has 0 saturated heterocycles. The zero-order chi connectivity index (χ0) is 11.3. The van der Waals surface area contributed by atoms with Gasteiger partial charge >= 0.3 is 0 Å². The zero-order valence-corrected chi connectivity index (χ0v) is 9.87. The third-order valence-electron chi connectivity index (χ3n) is 2.26. The van der Waals surface area contributed by atoms with Crippen LogP contribution in [0.15, 0.2) is 12.4 Å². The molecular formula is C11H19N3O. The molecule has 0 saturated carbocycles. The molecule has 1 N–H and O–H groups in total. The molecule has 0 radical (unpaired) electrons. The Hall–Kier alpha value is -1.16. The maximum absolute atomic E-state index is 5.38. The van der Waals surface area contributed by atoms with E-state index in [1.165, 1.54) is 0 Å². The van der Waals surface area contributed by atoms with Crippen molar-refractivity contribution in [1.29, 1.82) is 0 Å². The number of hydrogen-bond acceptors (Lipinski definition) is 4. The fraction of sp³-hybridized carbons (Fsp3) is 0.636. The van der Waals surface area contributed by atoms with Gasteiger partial charge in [0.05, 0.1) is 11.3 Å². The first-order valence-electron chi connectivity index (χ1n) is 5.18. The van der Waals surface area contributed by atoms with Crippen molar-refractivity contribution in [3.63, 3.8) is 0 Å². The Morgan fingerprint density at radius 3 is 2.60 bits per heavy atom. The molecule has 15 heavy (non-hydrogen) atoms. The molecule has 0 aliphatic rings. The van der Waals surface area contributed by atoms with Gasteiger partial charge in [-0.15, -0.1) is 0 Å². The van der Waals surface area contributed by atoms with E-state index < -0.39 is 0 Å². The summed E-state index contributed by atoms with van der Waals surface area (Å²) in [7, 11) is 1.71. The third-order valence-corrected chi connectivity index (χ3v) is 2.26. The molecule has 4 heteroatoms. The second-order valence-corrected chi connectivity index (χ2v) is 4.02. The lowest BCUT2D eigenvalue weighted by Crippen LogP contribution is -2.26. The minimum absolute atomic E-state index is 0.208. The summed E-state index contributed by atoms with van der Waals surface area (Å²) in [6.07, 6.45) is 4.16. The largest absolute Gasteiger partial charge is 0.378 e. The minimum atomic E-state index is -0.208. The third kappa shape index (κ3) is 3.47. The van der Waals surface area contributed by atoms with Gasteiger partial charge in [0.1, 0.15) is 5.82 Å². The molecule has 0 unspecified atom stereocenters. The Morgan fingerprint density at radius 1 is 1.33 bits per heavy atom. The van der Waals surface area contributed by atoms with Gasteiger partial charge in [-0.2, -0.15) is 0 Å². The summed E-state index contributed by atoms with van der Waals surface area (Å²) in [5.74, 6) is 0.852. The highest BCUT2D eigenvalue weighted by atomic mass is 16.5.